The van der Waals surface area contributed by atoms with Crippen LogP contribution in [0.15, 0.2) is 40.9 Å². The van der Waals surface area contributed by atoms with Crippen molar-refractivity contribution in [2.24, 2.45) is 7.05 Å². The van der Waals surface area contributed by atoms with E-state index in [4.69, 9.17) is 4.42 Å². The first-order valence-electron chi connectivity index (χ1n) is 7.62. The van der Waals surface area contributed by atoms with Crippen LogP contribution >= 0.6 is 0 Å². The van der Waals surface area contributed by atoms with Crippen LogP contribution in [-0.2, 0) is 13.6 Å². The van der Waals surface area contributed by atoms with Crippen molar-refractivity contribution >= 4 is 11.0 Å². The van der Waals surface area contributed by atoms with Crippen molar-refractivity contribution in [3.05, 3.63) is 42.1 Å². The number of aromatic nitrogens is 2. The van der Waals surface area contributed by atoms with Gasteiger partial charge in [-0.25, -0.2) is 0 Å². The Labute approximate surface area is 134 Å². The van der Waals surface area contributed by atoms with Gasteiger partial charge in [0.15, 0.2) is 5.76 Å². The van der Waals surface area contributed by atoms with E-state index in [-0.39, 0.29) is 12.6 Å². The molecule has 122 valence electrons. The van der Waals surface area contributed by atoms with Gasteiger partial charge in [-0.2, -0.15) is 5.10 Å². The van der Waals surface area contributed by atoms with Crippen LogP contribution in [-0.4, -0.2) is 38.7 Å². The van der Waals surface area contributed by atoms with Crippen molar-refractivity contribution in [3.8, 4) is 11.5 Å². The topological polar surface area (TPSA) is 83.5 Å². The van der Waals surface area contributed by atoms with Crippen LogP contribution in [0.5, 0.6) is 0 Å². The van der Waals surface area contributed by atoms with Gasteiger partial charge in [-0.05, 0) is 19.1 Å². The predicted molar refractivity (Wildman–Crippen MR) is 87.8 cm³/mol. The first-order valence-corrected chi connectivity index (χ1v) is 7.62. The molecule has 2 heterocycles. The molecule has 0 saturated carbocycles. The second-order valence-corrected chi connectivity index (χ2v) is 5.74. The Morgan fingerprint density at radius 2 is 2.13 bits per heavy atom. The Morgan fingerprint density at radius 3 is 2.83 bits per heavy atom. The number of aryl methyl sites for hydroxylation is 1. The lowest BCUT2D eigenvalue weighted by Crippen LogP contribution is -2.40. The Hall–Kier alpha value is -2.15. The highest BCUT2D eigenvalue weighted by Gasteiger charge is 2.18. The van der Waals surface area contributed by atoms with Crippen molar-refractivity contribution in [1.29, 1.82) is 0 Å². The summed E-state index contributed by atoms with van der Waals surface area (Å²) in [4.78, 5) is 0. The number of aliphatic hydroxyl groups is 2. The van der Waals surface area contributed by atoms with Gasteiger partial charge >= 0.3 is 0 Å². The van der Waals surface area contributed by atoms with Crippen LogP contribution in [0.25, 0.3) is 22.4 Å². The van der Waals surface area contributed by atoms with Crippen molar-refractivity contribution < 1.29 is 14.6 Å². The zero-order valence-electron chi connectivity index (χ0n) is 13.2. The standard InChI is InChI=1S/C17H21N3O3/c1-11(22)14(10-21)18-8-13-9-20(2)19-17(13)16-7-12-5-3-4-6-15(12)23-16/h3-7,9,11,14,18,21-22H,8,10H2,1-2H3/t11-,14-/m1/s1. The molecular weight excluding hydrogens is 294 g/mol. The van der Waals surface area contributed by atoms with Crippen molar-refractivity contribution in [1.82, 2.24) is 15.1 Å². The fourth-order valence-corrected chi connectivity index (χ4v) is 2.60. The number of para-hydroxylation sites is 1. The van der Waals surface area contributed by atoms with Gasteiger partial charge in [0.1, 0.15) is 11.3 Å². The number of fused-ring (bicyclic) bond motifs is 1. The van der Waals surface area contributed by atoms with Gasteiger partial charge in [0.25, 0.3) is 0 Å². The Balaban J connectivity index is 1.88. The second-order valence-electron chi connectivity index (χ2n) is 5.74. The minimum atomic E-state index is -0.633. The van der Waals surface area contributed by atoms with E-state index >= 15 is 0 Å². The molecule has 1 aromatic carbocycles. The number of hydrogen-bond acceptors (Lipinski definition) is 5. The molecule has 3 N–H and O–H groups in total. The highest BCUT2D eigenvalue weighted by molar-refractivity contribution is 5.82. The molecule has 0 bridgehead atoms. The number of rotatable bonds is 6. The average molecular weight is 315 g/mol. The van der Waals surface area contributed by atoms with E-state index < -0.39 is 6.10 Å². The normalized spacial score (nSPS) is 14.3. The van der Waals surface area contributed by atoms with Gasteiger partial charge in [-0.15, -0.1) is 0 Å². The fraction of sp³-hybridized carbons (Fsp3) is 0.353. The van der Waals surface area contributed by atoms with E-state index in [0.717, 1.165) is 22.2 Å². The van der Waals surface area contributed by atoms with Gasteiger partial charge < -0.3 is 19.9 Å². The lowest BCUT2D eigenvalue weighted by Gasteiger charge is -2.18. The van der Waals surface area contributed by atoms with Crippen LogP contribution in [0.3, 0.4) is 0 Å². The molecule has 2 atom stereocenters. The summed E-state index contributed by atoms with van der Waals surface area (Å²) in [5.41, 5.74) is 2.54. The average Bonchev–Trinajstić information content (AvgIpc) is 3.10. The molecule has 0 aliphatic rings. The largest absolute Gasteiger partial charge is 0.454 e. The van der Waals surface area contributed by atoms with Gasteiger partial charge in [-0.1, -0.05) is 18.2 Å². The number of nitrogens with one attached hydrogen (secondary N) is 1. The third-order valence-corrected chi connectivity index (χ3v) is 3.90. The van der Waals surface area contributed by atoms with Crippen LogP contribution in [0.4, 0.5) is 0 Å². The van der Waals surface area contributed by atoms with Gasteiger partial charge in [0.05, 0.1) is 18.8 Å². The first-order chi connectivity index (χ1) is 11.1. The van der Waals surface area contributed by atoms with E-state index in [2.05, 4.69) is 10.4 Å². The summed E-state index contributed by atoms with van der Waals surface area (Å²) in [6.07, 6.45) is 1.28. The minimum Gasteiger partial charge on any atom is -0.454 e. The van der Waals surface area contributed by atoms with E-state index in [1.54, 1.807) is 11.6 Å². The maximum absolute atomic E-state index is 9.62. The second kappa shape index (κ2) is 6.54. The highest BCUT2D eigenvalue weighted by atomic mass is 16.3. The van der Waals surface area contributed by atoms with Crippen molar-refractivity contribution in [2.45, 2.75) is 25.6 Å². The van der Waals surface area contributed by atoms with E-state index in [9.17, 15) is 10.2 Å². The summed E-state index contributed by atoms with van der Waals surface area (Å²) in [5, 5.41) is 27.6. The molecule has 2 aromatic heterocycles. The molecule has 6 heteroatoms. The van der Waals surface area contributed by atoms with E-state index in [1.165, 1.54) is 0 Å². The fourth-order valence-electron chi connectivity index (χ4n) is 2.60. The van der Waals surface area contributed by atoms with Crippen molar-refractivity contribution in [2.75, 3.05) is 6.61 Å². The van der Waals surface area contributed by atoms with Crippen LogP contribution in [0.1, 0.15) is 12.5 Å². The molecule has 0 fully saturated rings. The minimum absolute atomic E-state index is 0.127. The molecule has 0 amide bonds. The van der Waals surface area contributed by atoms with Crippen LogP contribution < -0.4 is 5.32 Å². The summed E-state index contributed by atoms with van der Waals surface area (Å²) < 4.78 is 7.62. The number of benzene rings is 1. The number of furan rings is 1. The van der Waals surface area contributed by atoms with Crippen LogP contribution in [0, 0.1) is 0 Å². The van der Waals surface area contributed by atoms with E-state index in [1.807, 2.05) is 43.6 Å². The van der Waals surface area contributed by atoms with Crippen molar-refractivity contribution in [3.63, 3.8) is 0 Å². The summed E-state index contributed by atoms with van der Waals surface area (Å²) in [5.74, 6) is 0.709. The summed E-state index contributed by atoms with van der Waals surface area (Å²) >= 11 is 0. The molecule has 3 aromatic rings. The zero-order chi connectivity index (χ0) is 16.4. The van der Waals surface area contributed by atoms with Gasteiger partial charge in [-0.3, -0.25) is 4.68 Å². The molecule has 0 radical (unpaired) electrons. The molecule has 0 aliphatic heterocycles. The number of hydrogen-bond donors (Lipinski definition) is 3. The molecule has 0 saturated heterocycles. The SMILES string of the molecule is C[C@@H](O)[C@@H](CO)NCc1cn(C)nc1-c1cc2ccccc2o1. The lowest BCUT2D eigenvalue weighted by molar-refractivity contribution is 0.103. The summed E-state index contributed by atoms with van der Waals surface area (Å²) in [7, 11) is 1.86. The summed E-state index contributed by atoms with van der Waals surface area (Å²) in [6.45, 7) is 2.01. The smallest absolute Gasteiger partial charge is 0.156 e. The highest BCUT2D eigenvalue weighted by Crippen LogP contribution is 2.28. The molecule has 23 heavy (non-hydrogen) atoms. The summed E-state index contributed by atoms with van der Waals surface area (Å²) in [6, 6.07) is 9.42. The quantitative estimate of drug-likeness (QED) is 0.644. The third-order valence-electron chi connectivity index (χ3n) is 3.90. The Kier molecular flexibility index (Phi) is 4.47. The molecule has 0 unspecified atom stereocenters. The van der Waals surface area contributed by atoms with Gasteiger partial charge in [0.2, 0.25) is 0 Å². The molecule has 0 spiro atoms. The maximum atomic E-state index is 9.62. The predicted octanol–water partition coefficient (Wildman–Crippen LogP) is 1.66. The number of aliphatic hydroxyl groups excluding tert-OH is 2. The monoisotopic (exact) mass is 315 g/mol. The van der Waals surface area contributed by atoms with Gasteiger partial charge in [0, 0.05) is 30.7 Å². The third kappa shape index (κ3) is 3.29. The molecule has 6 nitrogen and oxygen atoms in total. The van der Waals surface area contributed by atoms with E-state index in [0.29, 0.717) is 12.3 Å². The molecular formula is C17H21N3O3. The zero-order valence-corrected chi connectivity index (χ0v) is 13.2. The maximum Gasteiger partial charge on any atom is 0.156 e. The Morgan fingerprint density at radius 1 is 1.35 bits per heavy atom. The molecule has 3 rings (SSSR count). The molecule has 0 aliphatic carbocycles. The first kappa shape index (κ1) is 15.7. The lowest BCUT2D eigenvalue weighted by atomic mass is 10.1. The Bertz CT molecular complexity index is 758. The van der Waals surface area contributed by atoms with Crippen LogP contribution in [0.2, 0.25) is 0 Å². The number of nitrogens with zero attached hydrogens (tertiary/aromatic N) is 2.